The molecule has 19 heavy (non-hydrogen) atoms. The van der Waals surface area contributed by atoms with E-state index < -0.39 is 0 Å². The van der Waals surface area contributed by atoms with Gasteiger partial charge < -0.3 is 10.2 Å². The van der Waals surface area contributed by atoms with Crippen molar-refractivity contribution in [3.8, 4) is 0 Å². The van der Waals surface area contributed by atoms with Gasteiger partial charge in [0.05, 0.1) is 0 Å². The minimum atomic E-state index is 0.784. The van der Waals surface area contributed by atoms with Crippen LogP contribution in [0.25, 0.3) is 0 Å². The van der Waals surface area contributed by atoms with E-state index in [4.69, 9.17) is 0 Å². The van der Waals surface area contributed by atoms with Gasteiger partial charge in [0.15, 0.2) is 0 Å². The minimum absolute atomic E-state index is 0.784. The van der Waals surface area contributed by atoms with E-state index in [9.17, 15) is 0 Å². The van der Waals surface area contributed by atoms with Gasteiger partial charge in [-0.15, -0.1) is 0 Å². The Morgan fingerprint density at radius 2 is 2.05 bits per heavy atom. The Morgan fingerprint density at radius 1 is 1.16 bits per heavy atom. The Balaban J connectivity index is 1.35. The highest BCUT2D eigenvalue weighted by Gasteiger charge is 2.40. The summed E-state index contributed by atoms with van der Waals surface area (Å²) < 4.78 is 0. The highest BCUT2D eigenvalue weighted by atomic mass is 15.2. The van der Waals surface area contributed by atoms with Crippen molar-refractivity contribution in [1.82, 2.24) is 10.2 Å². The Labute approximate surface area is 119 Å². The molecule has 0 spiro atoms. The molecule has 0 radical (unpaired) electrons. The van der Waals surface area contributed by atoms with Gasteiger partial charge >= 0.3 is 0 Å². The Morgan fingerprint density at radius 3 is 2.74 bits per heavy atom. The van der Waals surface area contributed by atoms with Gasteiger partial charge in [-0.25, -0.2) is 0 Å². The highest BCUT2D eigenvalue weighted by molar-refractivity contribution is 4.92. The van der Waals surface area contributed by atoms with Crippen LogP contribution < -0.4 is 5.32 Å². The quantitative estimate of drug-likeness (QED) is 0.793. The van der Waals surface area contributed by atoms with Gasteiger partial charge in [0.25, 0.3) is 0 Å². The molecule has 2 saturated carbocycles. The zero-order valence-corrected chi connectivity index (χ0v) is 12.9. The number of rotatable bonds is 6. The normalized spacial score (nSPS) is 38.7. The molecule has 2 nitrogen and oxygen atoms in total. The third-order valence-electron chi connectivity index (χ3n) is 5.73. The van der Waals surface area contributed by atoms with E-state index in [1.54, 1.807) is 25.7 Å². The molecule has 1 heterocycles. The average molecular weight is 264 g/mol. The standard InChI is InChI=1S/C17H32N2/c1-13(2)9-18-10-15-5-6-19(11-15)12-17-8-14-3-4-16(17)7-14/h13-18H,3-12H2,1-2H3. The lowest BCUT2D eigenvalue weighted by atomic mass is 9.88. The van der Waals surface area contributed by atoms with Crippen molar-refractivity contribution in [2.24, 2.45) is 29.6 Å². The molecule has 3 fully saturated rings. The summed E-state index contributed by atoms with van der Waals surface area (Å²) in [6.07, 6.45) is 7.63. The summed E-state index contributed by atoms with van der Waals surface area (Å²) in [7, 11) is 0. The van der Waals surface area contributed by atoms with Crippen LogP contribution in [0.5, 0.6) is 0 Å². The molecule has 4 unspecified atom stereocenters. The fourth-order valence-corrected chi connectivity index (χ4v) is 4.75. The molecule has 2 heteroatoms. The molecule has 0 aromatic rings. The Kier molecular flexibility index (Phi) is 4.48. The van der Waals surface area contributed by atoms with E-state index in [1.807, 2.05) is 0 Å². The first-order valence-electron chi connectivity index (χ1n) is 8.63. The zero-order chi connectivity index (χ0) is 13.2. The van der Waals surface area contributed by atoms with Gasteiger partial charge in [0.1, 0.15) is 0 Å². The molecule has 4 atom stereocenters. The molecule has 3 aliphatic rings. The maximum atomic E-state index is 3.64. The SMILES string of the molecule is CC(C)CNCC1CCN(CC2CC3CCC2C3)C1. The molecule has 1 aliphatic heterocycles. The van der Waals surface area contributed by atoms with Crippen LogP contribution in [0.1, 0.15) is 46.0 Å². The van der Waals surface area contributed by atoms with E-state index in [1.165, 1.54) is 39.1 Å². The summed E-state index contributed by atoms with van der Waals surface area (Å²) in [5, 5.41) is 3.64. The van der Waals surface area contributed by atoms with E-state index in [0.29, 0.717) is 0 Å². The van der Waals surface area contributed by atoms with Crippen LogP contribution in [0, 0.1) is 29.6 Å². The van der Waals surface area contributed by atoms with Crippen molar-refractivity contribution in [3.63, 3.8) is 0 Å². The first-order valence-corrected chi connectivity index (χ1v) is 8.63. The number of nitrogens with one attached hydrogen (secondary N) is 1. The second-order valence-corrected chi connectivity index (χ2v) is 7.90. The highest BCUT2D eigenvalue weighted by Crippen LogP contribution is 2.48. The van der Waals surface area contributed by atoms with Crippen LogP contribution in [0.15, 0.2) is 0 Å². The summed E-state index contributed by atoms with van der Waals surface area (Å²) in [6, 6.07) is 0. The molecule has 0 amide bonds. The molecule has 1 saturated heterocycles. The van der Waals surface area contributed by atoms with Crippen LogP contribution in [-0.4, -0.2) is 37.6 Å². The van der Waals surface area contributed by atoms with Crippen molar-refractivity contribution < 1.29 is 0 Å². The Hall–Kier alpha value is -0.0800. The maximum absolute atomic E-state index is 3.64. The van der Waals surface area contributed by atoms with Crippen LogP contribution in [0.3, 0.4) is 0 Å². The molecule has 3 rings (SSSR count). The van der Waals surface area contributed by atoms with Crippen molar-refractivity contribution in [1.29, 1.82) is 0 Å². The fraction of sp³-hybridized carbons (Fsp3) is 1.00. The lowest BCUT2D eigenvalue weighted by molar-refractivity contribution is 0.214. The number of fused-ring (bicyclic) bond motifs is 2. The first kappa shape index (κ1) is 13.9. The molecule has 1 N–H and O–H groups in total. The molecule has 2 bridgehead atoms. The summed E-state index contributed by atoms with van der Waals surface area (Å²) >= 11 is 0. The predicted octanol–water partition coefficient (Wildman–Crippen LogP) is 2.99. The van der Waals surface area contributed by atoms with Crippen LogP contribution >= 0.6 is 0 Å². The zero-order valence-electron chi connectivity index (χ0n) is 12.9. The first-order chi connectivity index (χ1) is 9.20. The van der Waals surface area contributed by atoms with Crippen molar-refractivity contribution in [2.75, 3.05) is 32.7 Å². The molecule has 0 aromatic carbocycles. The van der Waals surface area contributed by atoms with Crippen LogP contribution in [0.4, 0.5) is 0 Å². The topological polar surface area (TPSA) is 15.3 Å². The van der Waals surface area contributed by atoms with Gasteiger partial charge in [-0.05, 0) is 74.9 Å². The van der Waals surface area contributed by atoms with Crippen molar-refractivity contribution in [2.45, 2.75) is 46.0 Å². The monoisotopic (exact) mass is 264 g/mol. The number of hydrogen-bond acceptors (Lipinski definition) is 2. The molecule has 0 aromatic heterocycles. The van der Waals surface area contributed by atoms with E-state index in [2.05, 4.69) is 24.1 Å². The minimum Gasteiger partial charge on any atom is -0.316 e. The average Bonchev–Trinajstić information content (AvgIpc) is 3.05. The summed E-state index contributed by atoms with van der Waals surface area (Å²) in [4.78, 5) is 2.77. The summed E-state index contributed by atoms with van der Waals surface area (Å²) in [5.41, 5.74) is 0. The van der Waals surface area contributed by atoms with Crippen LogP contribution in [0.2, 0.25) is 0 Å². The van der Waals surface area contributed by atoms with E-state index in [-0.39, 0.29) is 0 Å². The van der Waals surface area contributed by atoms with Crippen molar-refractivity contribution in [3.05, 3.63) is 0 Å². The lowest BCUT2D eigenvalue weighted by Gasteiger charge is -2.27. The summed E-state index contributed by atoms with van der Waals surface area (Å²) in [5.74, 6) is 4.97. The molecule has 110 valence electrons. The molecule has 2 aliphatic carbocycles. The van der Waals surface area contributed by atoms with Gasteiger partial charge in [-0.1, -0.05) is 20.3 Å². The number of likely N-dealkylation sites (tertiary alicyclic amines) is 1. The van der Waals surface area contributed by atoms with Gasteiger partial charge in [0, 0.05) is 13.1 Å². The van der Waals surface area contributed by atoms with Crippen molar-refractivity contribution >= 4 is 0 Å². The second kappa shape index (κ2) is 6.13. The van der Waals surface area contributed by atoms with Crippen LogP contribution in [-0.2, 0) is 0 Å². The van der Waals surface area contributed by atoms with Gasteiger partial charge in [0.2, 0.25) is 0 Å². The smallest absolute Gasteiger partial charge is 0.00224 e. The third-order valence-corrected chi connectivity index (χ3v) is 5.73. The van der Waals surface area contributed by atoms with E-state index >= 15 is 0 Å². The fourth-order valence-electron chi connectivity index (χ4n) is 4.75. The third kappa shape index (κ3) is 3.52. The number of hydrogen-bond donors (Lipinski definition) is 1. The second-order valence-electron chi connectivity index (χ2n) is 7.90. The summed E-state index contributed by atoms with van der Waals surface area (Å²) in [6.45, 7) is 11.2. The van der Waals surface area contributed by atoms with E-state index in [0.717, 1.165) is 29.6 Å². The number of nitrogens with zero attached hydrogens (tertiary/aromatic N) is 1. The molecular formula is C17H32N2. The van der Waals surface area contributed by atoms with Gasteiger partial charge in [-0.3, -0.25) is 0 Å². The molecular weight excluding hydrogens is 232 g/mol. The maximum Gasteiger partial charge on any atom is 0.00224 e. The largest absolute Gasteiger partial charge is 0.316 e. The lowest BCUT2D eigenvalue weighted by Crippen LogP contribution is -2.32. The Bertz CT molecular complexity index is 289. The predicted molar refractivity (Wildman–Crippen MR) is 81.2 cm³/mol. The van der Waals surface area contributed by atoms with Gasteiger partial charge in [-0.2, -0.15) is 0 Å².